The number of carbonyl (C=O) groups excluding carboxylic acids is 2. The summed E-state index contributed by atoms with van der Waals surface area (Å²) in [5, 5.41) is 14.5. The van der Waals surface area contributed by atoms with E-state index in [-0.39, 0.29) is 25.4 Å². The fourth-order valence-corrected chi connectivity index (χ4v) is 4.45. The molecule has 0 spiro atoms. The van der Waals surface area contributed by atoms with Crippen LogP contribution in [-0.4, -0.2) is 41.8 Å². The standard InChI is InChI=1S/C28H28N2O5/c1-2-24(27(32)33)29-26(31)25(16-18-10-4-3-5-11-18)30-28(34)35-17-23-21-14-8-6-12-19(21)20-13-7-9-15-22(20)23/h3-15,23-25H,2,16-17H2,1H3,(H,29,31)(H,30,34)(H,32,33)/t24-,25+/m0/s1. The molecule has 0 heterocycles. The molecule has 3 aromatic rings. The van der Waals surface area contributed by atoms with Gasteiger partial charge < -0.3 is 20.5 Å². The Morgan fingerprint density at radius 3 is 1.97 bits per heavy atom. The van der Waals surface area contributed by atoms with Crippen molar-refractivity contribution in [2.45, 2.75) is 37.8 Å². The maximum atomic E-state index is 12.9. The van der Waals surface area contributed by atoms with Crippen molar-refractivity contribution < 1.29 is 24.2 Å². The van der Waals surface area contributed by atoms with E-state index in [0.717, 1.165) is 27.8 Å². The van der Waals surface area contributed by atoms with Gasteiger partial charge in [-0.3, -0.25) is 4.79 Å². The number of hydrogen-bond donors (Lipinski definition) is 3. The molecule has 2 atom stereocenters. The summed E-state index contributed by atoms with van der Waals surface area (Å²) in [6.07, 6.45) is -0.303. The Kier molecular flexibility index (Phi) is 7.45. The highest BCUT2D eigenvalue weighted by Gasteiger charge is 2.30. The average molecular weight is 473 g/mol. The van der Waals surface area contributed by atoms with E-state index in [0.29, 0.717) is 0 Å². The molecule has 3 aromatic carbocycles. The number of aliphatic carboxylic acids is 1. The van der Waals surface area contributed by atoms with E-state index in [4.69, 9.17) is 4.74 Å². The lowest BCUT2D eigenvalue weighted by molar-refractivity contribution is -0.142. The minimum Gasteiger partial charge on any atom is -0.480 e. The van der Waals surface area contributed by atoms with Crippen LogP contribution < -0.4 is 10.6 Å². The van der Waals surface area contributed by atoms with Gasteiger partial charge >= 0.3 is 12.1 Å². The number of carboxylic acids is 1. The summed E-state index contributed by atoms with van der Waals surface area (Å²) < 4.78 is 5.59. The second-order valence-electron chi connectivity index (χ2n) is 8.52. The molecule has 0 bridgehead atoms. The van der Waals surface area contributed by atoms with Crippen LogP contribution in [0.15, 0.2) is 78.9 Å². The van der Waals surface area contributed by atoms with Crippen LogP contribution in [0.3, 0.4) is 0 Å². The lowest BCUT2D eigenvalue weighted by Gasteiger charge is -2.21. The van der Waals surface area contributed by atoms with Gasteiger partial charge in [-0.2, -0.15) is 0 Å². The lowest BCUT2D eigenvalue weighted by Crippen LogP contribution is -2.52. The first-order chi connectivity index (χ1) is 17.0. The largest absolute Gasteiger partial charge is 0.480 e. The Labute approximate surface area is 204 Å². The molecule has 35 heavy (non-hydrogen) atoms. The van der Waals surface area contributed by atoms with Gasteiger partial charge in [0, 0.05) is 12.3 Å². The molecule has 2 amide bonds. The van der Waals surface area contributed by atoms with Crippen molar-refractivity contribution in [1.29, 1.82) is 0 Å². The van der Waals surface area contributed by atoms with Gasteiger partial charge in [0.05, 0.1) is 0 Å². The van der Waals surface area contributed by atoms with Crippen molar-refractivity contribution in [3.05, 3.63) is 95.6 Å². The second kappa shape index (κ2) is 10.9. The number of hydrogen-bond acceptors (Lipinski definition) is 4. The molecule has 7 heteroatoms. The molecule has 3 N–H and O–H groups in total. The van der Waals surface area contributed by atoms with E-state index in [2.05, 4.69) is 22.8 Å². The van der Waals surface area contributed by atoms with E-state index in [9.17, 15) is 19.5 Å². The minimum absolute atomic E-state index is 0.106. The van der Waals surface area contributed by atoms with E-state index in [1.54, 1.807) is 6.92 Å². The van der Waals surface area contributed by atoms with Crippen LogP contribution in [0.1, 0.15) is 36.0 Å². The van der Waals surface area contributed by atoms with Crippen molar-refractivity contribution in [3.8, 4) is 11.1 Å². The molecule has 180 valence electrons. The zero-order valence-corrected chi connectivity index (χ0v) is 19.4. The van der Waals surface area contributed by atoms with E-state index < -0.39 is 30.1 Å². The smallest absolute Gasteiger partial charge is 0.407 e. The highest BCUT2D eigenvalue weighted by Crippen LogP contribution is 2.44. The highest BCUT2D eigenvalue weighted by molar-refractivity contribution is 5.89. The Bertz CT molecular complexity index is 1170. The van der Waals surface area contributed by atoms with Crippen LogP contribution in [0.2, 0.25) is 0 Å². The summed E-state index contributed by atoms with van der Waals surface area (Å²) in [5.41, 5.74) is 5.25. The predicted molar refractivity (Wildman–Crippen MR) is 132 cm³/mol. The van der Waals surface area contributed by atoms with Crippen LogP contribution in [0, 0.1) is 0 Å². The minimum atomic E-state index is -1.12. The van der Waals surface area contributed by atoms with Crippen LogP contribution in [0.25, 0.3) is 11.1 Å². The molecular formula is C28H28N2O5. The maximum Gasteiger partial charge on any atom is 0.407 e. The van der Waals surface area contributed by atoms with Gasteiger partial charge in [0.15, 0.2) is 0 Å². The van der Waals surface area contributed by atoms with Crippen LogP contribution in [0.5, 0.6) is 0 Å². The van der Waals surface area contributed by atoms with Crippen LogP contribution >= 0.6 is 0 Å². The fraction of sp³-hybridized carbons (Fsp3) is 0.250. The van der Waals surface area contributed by atoms with Gasteiger partial charge in [0.25, 0.3) is 0 Å². The zero-order valence-electron chi connectivity index (χ0n) is 19.4. The van der Waals surface area contributed by atoms with Gasteiger partial charge in [-0.15, -0.1) is 0 Å². The third-order valence-electron chi connectivity index (χ3n) is 6.26. The molecule has 0 saturated heterocycles. The van der Waals surface area contributed by atoms with E-state index in [1.165, 1.54) is 0 Å². The molecule has 0 saturated carbocycles. The van der Waals surface area contributed by atoms with Gasteiger partial charge in [-0.05, 0) is 34.2 Å². The molecular weight excluding hydrogens is 444 g/mol. The molecule has 0 radical (unpaired) electrons. The topological polar surface area (TPSA) is 105 Å². The van der Waals surface area contributed by atoms with Crippen molar-refractivity contribution in [1.82, 2.24) is 10.6 Å². The number of amides is 2. The highest BCUT2D eigenvalue weighted by atomic mass is 16.5. The average Bonchev–Trinajstić information content (AvgIpc) is 3.19. The second-order valence-corrected chi connectivity index (χ2v) is 8.52. The fourth-order valence-electron chi connectivity index (χ4n) is 4.45. The quantitative estimate of drug-likeness (QED) is 0.435. The summed E-state index contributed by atoms with van der Waals surface area (Å²) in [4.78, 5) is 37.1. The molecule has 0 fully saturated rings. The van der Waals surface area contributed by atoms with Gasteiger partial charge in [0.1, 0.15) is 18.7 Å². The SMILES string of the molecule is CC[C@H](NC(=O)[C@@H](Cc1ccccc1)NC(=O)OCC1c2ccccc2-c2ccccc21)C(=O)O. The number of alkyl carbamates (subject to hydrolysis) is 1. The Morgan fingerprint density at radius 1 is 0.829 bits per heavy atom. The first-order valence-corrected chi connectivity index (χ1v) is 11.7. The summed E-state index contributed by atoms with van der Waals surface area (Å²) in [5.74, 6) is -1.80. The number of carboxylic acid groups (broad SMARTS) is 1. The molecule has 1 aliphatic rings. The lowest BCUT2D eigenvalue weighted by atomic mass is 9.98. The Balaban J connectivity index is 1.46. The van der Waals surface area contributed by atoms with E-state index >= 15 is 0 Å². The Hall–Kier alpha value is -4.13. The monoisotopic (exact) mass is 472 g/mol. The predicted octanol–water partition coefficient (Wildman–Crippen LogP) is 4.12. The third kappa shape index (κ3) is 5.51. The van der Waals surface area contributed by atoms with Gasteiger partial charge in [-0.1, -0.05) is 85.8 Å². The zero-order chi connectivity index (χ0) is 24.8. The third-order valence-corrected chi connectivity index (χ3v) is 6.26. The Morgan fingerprint density at radius 2 is 1.40 bits per heavy atom. The molecule has 1 aliphatic carbocycles. The van der Waals surface area contributed by atoms with Crippen LogP contribution in [0.4, 0.5) is 4.79 Å². The molecule has 0 unspecified atom stereocenters. The molecule has 7 nitrogen and oxygen atoms in total. The van der Waals surface area contributed by atoms with Gasteiger partial charge in [-0.25, -0.2) is 9.59 Å². The van der Waals surface area contributed by atoms with Crippen molar-refractivity contribution in [2.24, 2.45) is 0 Å². The normalized spacial score (nSPS) is 13.7. The first-order valence-electron chi connectivity index (χ1n) is 11.7. The van der Waals surface area contributed by atoms with E-state index in [1.807, 2.05) is 66.7 Å². The summed E-state index contributed by atoms with van der Waals surface area (Å²) in [7, 11) is 0. The van der Waals surface area contributed by atoms with Crippen LogP contribution in [-0.2, 0) is 20.7 Å². The van der Waals surface area contributed by atoms with Crippen molar-refractivity contribution in [3.63, 3.8) is 0 Å². The summed E-state index contributed by atoms with van der Waals surface area (Å²) in [6, 6.07) is 23.3. The summed E-state index contributed by atoms with van der Waals surface area (Å²) >= 11 is 0. The van der Waals surface area contributed by atoms with Crippen molar-refractivity contribution in [2.75, 3.05) is 6.61 Å². The molecule has 4 rings (SSSR count). The number of rotatable bonds is 9. The molecule has 0 aliphatic heterocycles. The number of nitrogens with one attached hydrogen (secondary N) is 2. The van der Waals surface area contributed by atoms with Crippen molar-refractivity contribution >= 4 is 18.0 Å². The molecule has 0 aromatic heterocycles. The number of carbonyl (C=O) groups is 3. The first kappa shape index (κ1) is 24.0. The number of benzene rings is 3. The number of ether oxygens (including phenoxy) is 1. The van der Waals surface area contributed by atoms with Gasteiger partial charge in [0.2, 0.25) is 5.91 Å². The maximum absolute atomic E-state index is 12.9. The summed E-state index contributed by atoms with van der Waals surface area (Å²) in [6.45, 7) is 1.79. The number of fused-ring (bicyclic) bond motifs is 3.